The summed E-state index contributed by atoms with van der Waals surface area (Å²) in [6, 6.07) is 0. The van der Waals surface area contributed by atoms with Gasteiger partial charge in [-0.1, -0.05) is 0 Å². The molecule has 0 atom stereocenters. The van der Waals surface area contributed by atoms with E-state index in [9.17, 15) is 0 Å². The van der Waals surface area contributed by atoms with Crippen LogP contribution in [0.3, 0.4) is 0 Å². The zero-order chi connectivity index (χ0) is 11.0. The van der Waals surface area contributed by atoms with Crippen molar-refractivity contribution in [2.45, 2.75) is 17.9 Å². The summed E-state index contributed by atoms with van der Waals surface area (Å²) in [4.78, 5) is 13.0. The van der Waals surface area contributed by atoms with Crippen molar-refractivity contribution in [1.82, 2.24) is 19.6 Å². The molecule has 0 aliphatic carbocycles. The van der Waals surface area contributed by atoms with Gasteiger partial charge < -0.3 is 5.01 Å². The van der Waals surface area contributed by atoms with E-state index >= 15 is 0 Å². The van der Waals surface area contributed by atoms with Crippen LogP contribution in [0.5, 0.6) is 0 Å². The largest absolute Gasteiger partial charge is 0.310 e. The Bertz CT molecular complexity index is 503. The Balaban J connectivity index is 2.12. The van der Waals surface area contributed by atoms with Gasteiger partial charge in [0, 0.05) is 13.1 Å². The fraction of sp³-hybridized carbons (Fsp3) is 0.500. The van der Waals surface area contributed by atoms with Crippen molar-refractivity contribution in [1.29, 1.82) is 0 Å². The second-order valence-corrected chi connectivity index (χ2v) is 4.60. The highest BCUT2D eigenvalue weighted by Crippen LogP contribution is 2.21. The van der Waals surface area contributed by atoms with E-state index in [0.29, 0.717) is 0 Å². The van der Waals surface area contributed by atoms with Crippen molar-refractivity contribution >= 4 is 22.9 Å². The molecule has 0 unspecified atom stereocenters. The number of rotatable bonds is 2. The lowest BCUT2D eigenvalue weighted by Gasteiger charge is -2.18. The molecule has 1 aliphatic rings. The van der Waals surface area contributed by atoms with Gasteiger partial charge in [-0.2, -0.15) is 0 Å². The molecule has 84 valence electrons. The predicted molar refractivity (Wildman–Crippen MR) is 64.3 cm³/mol. The van der Waals surface area contributed by atoms with Crippen LogP contribution in [0.4, 0.5) is 0 Å². The van der Waals surface area contributed by atoms with E-state index in [-0.39, 0.29) is 0 Å². The lowest BCUT2D eigenvalue weighted by Crippen LogP contribution is -2.30. The highest BCUT2D eigenvalue weighted by molar-refractivity contribution is 7.98. The third kappa shape index (κ3) is 1.44. The van der Waals surface area contributed by atoms with Gasteiger partial charge in [-0.25, -0.2) is 19.6 Å². The minimum atomic E-state index is 0.905. The van der Waals surface area contributed by atoms with Crippen molar-refractivity contribution in [3.8, 4) is 0 Å². The van der Waals surface area contributed by atoms with Crippen molar-refractivity contribution in [2.24, 2.45) is 0 Å². The topological polar surface area (TPSA) is 46.8 Å². The maximum absolute atomic E-state index is 4.41. The summed E-state index contributed by atoms with van der Waals surface area (Å²) in [5.74, 6) is 0. The number of hydrogen-bond donors (Lipinski definition) is 0. The quantitative estimate of drug-likeness (QED) is 0.579. The summed E-state index contributed by atoms with van der Waals surface area (Å²) in [6.45, 7) is 2.17. The first kappa shape index (κ1) is 9.89. The van der Waals surface area contributed by atoms with E-state index in [2.05, 4.69) is 24.6 Å². The smallest absolute Gasteiger partial charge is 0.183 e. The van der Waals surface area contributed by atoms with Gasteiger partial charge in [-0.05, 0) is 19.1 Å². The van der Waals surface area contributed by atoms with Crippen molar-refractivity contribution in [2.75, 3.05) is 24.4 Å². The summed E-state index contributed by atoms with van der Waals surface area (Å²) < 4.78 is 2.06. The Morgan fingerprint density at radius 3 is 2.75 bits per heavy atom. The molecule has 6 heteroatoms. The summed E-state index contributed by atoms with van der Waals surface area (Å²) in [5, 5.41) is 3.23. The van der Waals surface area contributed by atoms with E-state index in [4.69, 9.17) is 0 Å². The van der Waals surface area contributed by atoms with E-state index in [1.165, 1.54) is 12.8 Å². The van der Waals surface area contributed by atoms with Gasteiger partial charge in [0.2, 0.25) is 0 Å². The summed E-state index contributed by atoms with van der Waals surface area (Å²) in [5.41, 5.74) is 1.82. The third-order valence-electron chi connectivity index (χ3n) is 2.86. The SMILES string of the molecule is CSc1ncnc2c1ncn2N1CCCC1. The number of thioether (sulfide) groups is 1. The van der Waals surface area contributed by atoms with Gasteiger partial charge in [0.15, 0.2) is 5.65 Å². The fourth-order valence-corrected chi connectivity index (χ4v) is 2.56. The van der Waals surface area contributed by atoms with Crippen LogP contribution in [0.2, 0.25) is 0 Å². The number of nitrogens with zero attached hydrogens (tertiary/aromatic N) is 5. The molecule has 16 heavy (non-hydrogen) atoms. The van der Waals surface area contributed by atoms with Crippen LogP contribution in [0.25, 0.3) is 11.2 Å². The lowest BCUT2D eigenvalue weighted by molar-refractivity contribution is 0.675. The number of hydrogen-bond acceptors (Lipinski definition) is 5. The zero-order valence-corrected chi connectivity index (χ0v) is 9.94. The molecule has 3 heterocycles. The Morgan fingerprint density at radius 2 is 2.00 bits per heavy atom. The first-order valence-corrected chi connectivity index (χ1v) is 6.60. The molecular weight excluding hydrogens is 222 g/mol. The first-order chi connectivity index (χ1) is 7.90. The molecule has 0 aromatic carbocycles. The number of aromatic nitrogens is 4. The Labute approximate surface area is 97.9 Å². The molecule has 0 spiro atoms. The Hall–Kier alpha value is -1.30. The molecule has 1 aliphatic heterocycles. The van der Waals surface area contributed by atoms with Crippen LogP contribution < -0.4 is 5.01 Å². The maximum Gasteiger partial charge on any atom is 0.183 e. The normalized spacial score (nSPS) is 16.2. The Kier molecular flexibility index (Phi) is 2.43. The number of imidazole rings is 1. The van der Waals surface area contributed by atoms with Crippen LogP contribution in [0, 0.1) is 0 Å². The van der Waals surface area contributed by atoms with Crippen LogP contribution in [0.1, 0.15) is 12.8 Å². The van der Waals surface area contributed by atoms with E-state index in [1.54, 1.807) is 18.1 Å². The van der Waals surface area contributed by atoms with E-state index in [0.717, 1.165) is 29.3 Å². The van der Waals surface area contributed by atoms with Gasteiger partial charge in [0.05, 0.1) is 0 Å². The van der Waals surface area contributed by atoms with Gasteiger partial charge in [-0.3, -0.25) is 0 Å². The van der Waals surface area contributed by atoms with Gasteiger partial charge in [0.1, 0.15) is 23.2 Å². The summed E-state index contributed by atoms with van der Waals surface area (Å²) in [6.07, 6.45) is 7.98. The average Bonchev–Trinajstić information content (AvgIpc) is 2.96. The molecule has 1 saturated heterocycles. The second kappa shape index (κ2) is 3.93. The lowest BCUT2D eigenvalue weighted by atomic mass is 10.4. The minimum Gasteiger partial charge on any atom is -0.310 e. The minimum absolute atomic E-state index is 0.905. The molecular formula is C10H13N5S. The van der Waals surface area contributed by atoms with Crippen LogP contribution in [-0.4, -0.2) is 39.0 Å². The van der Waals surface area contributed by atoms with Crippen molar-refractivity contribution < 1.29 is 0 Å². The van der Waals surface area contributed by atoms with Gasteiger partial charge in [0.25, 0.3) is 0 Å². The summed E-state index contributed by atoms with van der Waals surface area (Å²) >= 11 is 1.61. The Morgan fingerprint density at radius 1 is 1.19 bits per heavy atom. The molecule has 0 saturated carbocycles. The molecule has 0 radical (unpaired) electrons. The standard InChI is InChI=1S/C10H13N5S/c1-16-10-8-9(11-6-12-10)15(7-13-8)14-4-2-3-5-14/h6-7H,2-5H2,1H3. The zero-order valence-electron chi connectivity index (χ0n) is 9.13. The molecule has 0 N–H and O–H groups in total. The summed E-state index contributed by atoms with van der Waals surface area (Å²) in [7, 11) is 0. The van der Waals surface area contributed by atoms with Crippen LogP contribution in [-0.2, 0) is 0 Å². The van der Waals surface area contributed by atoms with Crippen LogP contribution in [0.15, 0.2) is 17.7 Å². The van der Waals surface area contributed by atoms with Crippen LogP contribution >= 0.6 is 11.8 Å². The van der Waals surface area contributed by atoms with E-state index in [1.807, 2.05) is 12.6 Å². The monoisotopic (exact) mass is 235 g/mol. The fourth-order valence-electron chi connectivity index (χ4n) is 2.07. The van der Waals surface area contributed by atoms with E-state index < -0.39 is 0 Å². The third-order valence-corrected chi connectivity index (χ3v) is 3.55. The number of fused-ring (bicyclic) bond motifs is 1. The molecule has 1 fully saturated rings. The molecule has 5 nitrogen and oxygen atoms in total. The second-order valence-electron chi connectivity index (χ2n) is 3.81. The predicted octanol–water partition coefficient (Wildman–Crippen LogP) is 1.28. The van der Waals surface area contributed by atoms with Crippen molar-refractivity contribution in [3.05, 3.63) is 12.7 Å². The maximum atomic E-state index is 4.41. The van der Waals surface area contributed by atoms with Gasteiger partial charge in [-0.15, -0.1) is 11.8 Å². The molecule has 0 amide bonds. The molecule has 2 aromatic rings. The highest BCUT2D eigenvalue weighted by atomic mass is 32.2. The molecule has 0 bridgehead atoms. The molecule has 2 aromatic heterocycles. The molecule has 3 rings (SSSR count). The van der Waals surface area contributed by atoms with Gasteiger partial charge >= 0.3 is 0 Å². The van der Waals surface area contributed by atoms with Crippen molar-refractivity contribution in [3.63, 3.8) is 0 Å². The highest BCUT2D eigenvalue weighted by Gasteiger charge is 2.16. The first-order valence-electron chi connectivity index (χ1n) is 5.37. The average molecular weight is 235 g/mol.